The number of fused-ring (bicyclic) bond motifs is 1. The number of hydrogen-bond acceptors (Lipinski definition) is 6. The van der Waals surface area contributed by atoms with Crippen molar-refractivity contribution < 1.29 is 4.74 Å². The van der Waals surface area contributed by atoms with Crippen molar-refractivity contribution in [3.8, 4) is 27.8 Å². The molecule has 0 atom stereocenters. The second kappa shape index (κ2) is 5.32. The Morgan fingerprint density at radius 2 is 2.13 bits per heavy atom. The molecule has 0 aliphatic carbocycles. The monoisotopic (exact) mass is 346 g/mol. The lowest BCUT2D eigenvalue weighted by Crippen LogP contribution is -1.99. The average molecular weight is 347 g/mol. The Morgan fingerprint density at radius 1 is 1.26 bits per heavy atom. The summed E-state index contributed by atoms with van der Waals surface area (Å²) < 4.78 is 8.60. The molecule has 0 radical (unpaired) electrons. The molecule has 0 amide bonds. The Balaban J connectivity index is 1.86. The minimum absolute atomic E-state index is 0.512. The highest BCUT2D eigenvalue weighted by molar-refractivity contribution is 7.19. The molecule has 0 N–H and O–H groups in total. The Bertz CT molecular complexity index is 984. The van der Waals surface area contributed by atoms with Gasteiger partial charge in [-0.05, 0) is 12.1 Å². The Labute approximate surface area is 140 Å². The zero-order valence-electron chi connectivity index (χ0n) is 12.3. The first kappa shape index (κ1) is 14.2. The summed E-state index contributed by atoms with van der Waals surface area (Å²) in [4.78, 5) is 0.690. The number of aromatic nitrogens is 6. The first-order chi connectivity index (χ1) is 11.2. The van der Waals surface area contributed by atoms with Gasteiger partial charge >= 0.3 is 0 Å². The fraction of sp³-hybridized carbons (Fsp3) is 0.143. The summed E-state index contributed by atoms with van der Waals surface area (Å²) in [6, 6.07) is 7.73. The second-order valence-corrected chi connectivity index (χ2v) is 6.19. The van der Waals surface area contributed by atoms with Gasteiger partial charge in [0.25, 0.3) is 0 Å². The molecule has 0 aliphatic heterocycles. The van der Waals surface area contributed by atoms with Crippen LogP contribution >= 0.6 is 22.9 Å². The number of rotatable bonds is 3. The van der Waals surface area contributed by atoms with Crippen LogP contribution in [0.5, 0.6) is 5.75 Å². The predicted molar refractivity (Wildman–Crippen MR) is 87.9 cm³/mol. The molecular weight excluding hydrogens is 336 g/mol. The number of halogens is 1. The maximum absolute atomic E-state index is 6.19. The van der Waals surface area contributed by atoms with E-state index < -0.39 is 0 Å². The summed E-state index contributed by atoms with van der Waals surface area (Å²) in [6.45, 7) is 0. The highest BCUT2D eigenvalue weighted by atomic mass is 35.5. The minimum atomic E-state index is 0.512. The van der Waals surface area contributed by atoms with Crippen molar-refractivity contribution in [1.82, 2.24) is 29.6 Å². The number of benzene rings is 1. The van der Waals surface area contributed by atoms with E-state index in [0.29, 0.717) is 21.5 Å². The number of hydrogen-bond donors (Lipinski definition) is 0. The molecule has 0 saturated heterocycles. The molecule has 4 aromatic rings. The highest BCUT2D eigenvalue weighted by Crippen LogP contribution is 2.31. The number of nitrogens with zero attached hydrogens (tertiary/aromatic N) is 6. The topological polar surface area (TPSA) is 70.1 Å². The van der Waals surface area contributed by atoms with Crippen LogP contribution in [0.1, 0.15) is 0 Å². The van der Waals surface area contributed by atoms with Crippen molar-refractivity contribution in [3.63, 3.8) is 0 Å². The van der Waals surface area contributed by atoms with Crippen molar-refractivity contribution in [2.45, 2.75) is 0 Å². The number of aryl methyl sites for hydroxylation is 1. The number of methoxy groups -OCH3 is 1. The van der Waals surface area contributed by atoms with Crippen molar-refractivity contribution in [2.24, 2.45) is 7.05 Å². The molecule has 0 spiro atoms. The fourth-order valence-electron chi connectivity index (χ4n) is 2.30. The van der Waals surface area contributed by atoms with Crippen molar-refractivity contribution in [1.29, 1.82) is 0 Å². The standard InChI is InChI=1S/C14H11ClN6OS/c1-20-11(10(15)7-16-20)12-17-18-14-21(12)19-13(23-14)8-4-3-5-9(6-8)22-2/h3-7H,1-2H3. The molecule has 23 heavy (non-hydrogen) atoms. The summed E-state index contributed by atoms with van der Waals surface area (Å²) in [6.07, 6.45) is 1.58. The van der Waals surface area contributed by atoms with Crippen LogP contribution in [-0.4, -0.2) is 36.7 Å². The Hall–Kier alpha value is -2.45. The third kappa shape index (κ3) is 2.27. The first-order valence-corrected chi connectivity index (χ1v) is 7.91. The molecule has 7 nitrogen and oxygen atoms in total. The van der Waals surface area contributed by atoms with Gasteiger partial charge in [-0.25, -0.2) is 0 Å². The molecule has 116 valence electrons. The van der Waals surface area contributed by atoms with Gasteiger partial charge < -0.3 is 4.74 Å². The van der Waals surface area contributed by atoms with Gasteiger partial charge in [0, 0.05) is 12.6 Å². The van der Waals surface area contributed by atoms with Crippen molar-refractivity contribution in [2.75, 3.05) is 7.11 Å². The van der Waals surface area contributed by atoms with Gasteiger partial charge in [0.2, 0.25) is 10.8 Å². The summed E-state index contributed by atoms with van der Waals surface area (Å²) in [5.74, 6) is 1.35. The maximum Gasteiger partial charge on any atom is 0.235 e. The van der Waals surface area contributed by atoms with Crippen LogP contribution in [0.2, 0.25) is 5.02 Å². The summed E-state index contributed by atoms with van der Waals surface area (Å²) in [7, 11) is 3.44. The Morgan fingerprint density at radius 3 is 2.87 bits per heavy atom. The normalized spacial score (nSPS) is 11.3. The lowest BCUT2D eigenvalue weighted by atomic mass is 10.2. The lowest BCUT2D eigenvalue weighted by Gasteiger charge is -2.01. The summed E-state index contributed by atoms with van der Waals surface area (Å²) in [5, 5.41) is 18.4. The molecule has 4 rings (SSSR count). The van der Waals surface area contributed by atoms with Crippen molar-refractivity contribution in [3.05, 3.63) is 35.5 Å². The zero-order chi connectivity index (χ0) is 16.0. The molecule has 0 aliphatic rings. The zero-order valence-corrected chi connectivity index (χ0v) is 13.8. The second-order valence-electron chi connectivity index (χ2n) is 4.82. The van der Waals surface area contributed by atoms with Crippen LogP contribution in [0.3, 0.4) is 0 Å². The van der Waals surface area contributed by atoms with Crippen LogP contribution in [0.15, 0.2) is 30.5 Å². The molecule has 0 fully saturated rings. The minimum Gasteiger partial charge on any atom is -0.497 e. The van der Waals surface area contributed by atoms with E-state index in [0.717, 1.165) is 16.3 Å². The van der Waals surface area contributed by atoms with E-state index in [2.05, 4.69) is 20.4 Å². The lowest BCUT2D eigenvalue weighted by molar-refractivity contribution is 0.415. The van der Waals surface area contributed by atoms with E-state index in [1.807, 2.05) is 24.3 Å². The van der Waals surface area contributed by atoms with Gasteiger partial charge in [-0.15, -0.1) is 10.2 Å². The molecular formula is C14H11ClN6OS. The third-order valence-corrected chi connectivity index (χ3v) is 4.64. The molecule has 1 aromatic carbocycles. The predicted octanol–water partition coefficient (Wildman–Crippen LogP) is 2.92. The van der Waals surface area contributed by atoms with Gasteiger partial charge in [-0.1, -0.05) is 35.1 Å². The van der Waals surface area contributed by atoms with Gasteiger partial charge in [0.15, 0.2) is 0 Å². The van der Waals surface area contributed by atoms with E-state index in [1.54, 1.807) is 29.6 Å². The molecule has 0 unspecified atom stereocenters. The van der Waals surface area contributed by atoms with Crippen LogP contribution in [0, 0.1) is 0 Å². The molecule has 9 heteroatoms. The van der Waals surface area contributed by atoms with Gasteiger partial charge in [-0.3, -0.25) is 4.68 Å². The largest absolute Gasteiger partial charge is 0.497 e. The summed E-state index contributed by atoms with van der Waals surface area (Å²) >= 11 is 7.64. The van der Waals surface area contributed by atoms with Crippen LogP contribution in [0.25, 0.3) is 27.1 Å². The number of ether oxygens (including phenoxy) is 1. The average Bonchev–Trinajstić information content (AvgIpc) is 3.23. The summed E-state index contributed by atoms with van der Waals surface area (Å²) in [5.41, 5.74) is 1.64. The molecule has 3 heterocycles. The fourth-order valence-corrected chi connectivity index (χ4v) is 3.39. The SMILES string of the molecule is COc1cccc(-c2nn3c(-c4c(Cl)cnn4C)nnc3s2)c1. The van der Waals surface area contributed by atoms with Crippen molar-refractivity contribution >= 4 is 27.9 Å². The van der Waals surface area contributed by atoms with E-state index in [4.69, 9.17) is 16.3 Å². The van der Waals surface area contributed by atoms with E-state index >= 15 is 0 Å². The molecule has 0 saturated carbocycles. The quantitative estimate of drug-likeness (QED) is 0.570. The maximum atomic E-state index is 6.19. The smallest absolute Gasteiger partial charge is 0.235 e. The highest BCUT2D eigenvalue weighted by Gasteiger charge is 2.19. The van der Waals surface area contributed by atoms with Crippen LogP contribution in [-0.2, 0) is 7.05 Å². The molecule has 3 aromatic heterocycles. The van der Waals surface area contributed by atoms with E-state index in [9.17, 15) is 0 Å². The Kier molecular flexibility index (Phi) is 3.28. The van der Waals surface area contributed by atoms with Gasteiger partial charge in [0.05, 0.1) is 18.3 Å². The van der Waals surface area contributed by atoms with Crippen LogP contribution in [0.4, 0.5) is 0 Å². The molecule has 0 bridgehead atoms. The van der Waals surface area contributed by atoms with E-state index in [-0.39, 0.29) is 0 Å². The van der Waals surface area contributed by atoms with Gasteiger partial charge in [0.1, 0.15) is 16.5 Å². The van der Waals surface area contributed by atoms with Crippen LogP contribution < -0.4 is 4.74 Å². The first-order valence-electron chi connectivity index (χ1n) is 6.72. The van der Waals surface area contributed by atoms with Gasteiger partial charge in [-0.2, -0.15) is 14.7 Å². The third-order valence-electron chi connectivity index (χ3n) is 3.41. The van der Waals surface area contributed by atoms with E-state index in [1.165, 1.54) is 11.3 Å².